The van der Waals surface area contributed by atoms with E-state index in [1.165, 1.54) is 23.2 Å². The van der Waals surface area contributed by atoms with Gasteiger partial charge < -0.3 is 15.0 Å². The van der Waals surface area contributed by atoms with Crippen molar-refractivity contribution in [3.63, 3.8) is 0 Å². The van der Waals surface area contributed by atoms with Crippen LogP contribution in [0.1, 0.15) is 6.42 Å². The Balaban J connectivity index is 2.56. The van der Waals surface area contributed by atoms with Gasteiger partial charge in [0.05, 0.1) is 6.42 Å². The largest absolute Gasteiger partial charge is 0.481 e. The number of aliphatic carboxylic acids is 1. The quantitative estimate of drug-likeness (QED) is 0.732. The highest BCUT2D eigenvalue weighted by Crippen LogP contribution is 2.12. The van der Waals surface area contributed by atoms with Gasteiger partial charge in [0.2, 0.25) is 5.95 Å². The Morgan fingerprint density at radius 3 is 2.45 bits per heavy atom. The average Bonchev–Trinajstić information content (AvgIpc) is 2.71. The molecule has 2 aromatic heterocycles. The number of aryl methyl sites for hydroxylation is 2. The third kappa shape index (κ3) is 2.06. The fourth-order valence-electron chi connectivity index (χ4n) is 1.96. The number of carbonyl (C=O) groups is 1. The van der Waals surface area contributed by atoms with Gasteiger partial charge in [0.15, 0.2) is 11.2 Å². The highest BCUT2D eigenvalue weighted by molar-refractivity contribution is 5.74. The molecule has 0 radical (unpaired) electrons. The summed E-state index contributed by atoms with van der Waals surface area (Å²) in [6.07, 6.45) is -0.0693. The molecule has 0 fully saturated rings. The predicted molar refractivity (Wildman–Crippen MR) is 71.9 cm³/mol. The van der Waals surface area contributed by atoms with Crippen molar-refractivity contribution in [2.24, 2.45) is 21.1 Å². The van der Waals surface area contributed by atoms with E-state index in [0.29, 0.717) is 5.95 Å². The van der Waals surface area contributed by atoms with Gasteiger partial charge in [0.25, 0.3) is 5.56 Å². The maximum atomic E-state index is 12.1. The summed E-state index contributed by atoms with van der Waals surface area (Å²) in [5, 5.41) is 11.4. The number of nitrogens with zero attached hydrogens (tertiary/aromatic N) is 4. The van der Waals surface area contributed by atoms with Gasteiger partial charge in [-0.3, -0.25) is 18.7 Å². The summed E-state index contributed by atoms with van der Waals surface area (Å²) < 4.78 is 3.79. The van der Waals surface area contributed by atoms with Gasteiger partial charge in [-0.2, -0.15) is 4.98 Å². The van der Waals surface area contributed by atoms with E-state index in [0.717, 1.165) is 4.57 Å². The molecule has 0 bridgehead atoms. The SMILES string of the molecule is Cn1c(=O)c2c(nc(NCCC(=O)O)n2C)n(C)c1=O. The molecule has 2 rings (SSSR count). The van der Waals surface area contributed by atoms with Crippen LogP contribution < -0.4 is 16.6 Å². The van der Waals surface area contributed by atoms with Crippen molar-refractivity contribution in [3.05, 3.63) is 20.8 Å². The molecule has 0 aliphatic carbocycles. The van der Waals surface area contributed by atoms with Gasteiger partial charge in [-0.05, 0) is 0 Å². The van der Waals surface area contributed by atoms with Crippen LogP contribution in [-0.2, 0) is 25.9 Å². The van der Waals surface area contributed by atoms with E-state index in [1.54, 1.807) is 7.05 Å². The lowest BCUT2D eigenvalue weighted by molar-refractivity contribution is -0.136. The Kier molecular flexibility index (Phi) is 3.35. The summed E-state index contributed by atoms with van der Waals surface area (Å²) in [6, 6.07) is 0. The van der Waals surface area contributed by atoms with Gasteiger partial charge >= 0.3 is 11.7 Å². The monoisotopic (exact) mass is 281 g/mol. The summed E-state index contributed by atoms with van der Waals surface area (Å²) in [5.41, 5.74) is -0.354. The molecule has 20 heavy (non-hydrogen) atoms. The zero-order valence-electron chi connectivity index (χ0n) is 11.4. The molecule has 0 saturated heterocycles. The molecular weight excluding hydrogens is 266 g/mol. The minimum absolute atomic E-state index is 0.0693. The number of carboxylic acid groups (broad SMARTS) is 1. The molecule has 0 amide bonds. The normalized spacial score (nSPS) is 10.9. The zero-order valence-corrected chi connectivity index (χ0v) is 11.4. The zero-order chi connectivity index (χ0) is 15.0. The molecule has 0 atom stereocenters. The van der Waals surface area contributed by atoms with Crippen molar-refractivity contribution in [2.75, 3.05) is 11.9 Å². The maximum absolute atomic E-state index is 12.1. The molecule has 0 saturated carbocycles. The lowest BCUT2D eigenvalue weighted by Gasteiger charge is -2.04. The highest BCUT2D eigenvalue weighted by atomic mass is 16.4. The van der Waals surface area contributed by atoms with Crippen molar-refractivity contribution in [1.29, 1.82) is 0 Å². The van der Waals surface area contributed by atoms with Crippen molar-refractivity contribution >= 4 is 23.1 Å². The number of nitrogens with one attached hydrogen (secondary N) is 1. The van der Waals surface area contributed by atoms with E-state index >= 15 is 0 Å². The summed E-state index contributed by atoms with van der Waals surface area (Å²) in [7, 11) is 4.55. The van der Waals surface area contributed by atoms with Crippen LogP contribution in [0.4, 0.5) is 5.95 Å². The molecule has 9 heteroatoms. The summed E-state index contributed by atoms with van der Waals surface area (Å²) in [4.78, 5) is 38.5. The predicted octanol–water partition coefficient (Wildman–Crippen LogP) is -1.14. The van der Waals surface area contributed by atoms with Crippen molar-refractivity contribution in [3.8, 4) is 0 Å². The Hall–Kier alpha value is -2.58. The van der Waals surface area contributed by atoms with E-state index < -0.39 is 17.2 Å². The number of hydrogen-bond acceptors (Lipinski definition) is 5. The van der Waals surface area contributed by atoms with Crippen LogP contribution >= 0.6 is 0 Å². The summed E-state index contributed by atoms with van der Waals surface area (Å²) in [5.74, 6) is -0.584. The van der Waals surface area contributed by atoms with Crippen LogP contribution in [0.3, 0.4) is 0 Å². The molecule has 0 unspecified atom stereocenters. The fraction of sp³-hybridized carbons (Fsp3) is 0.455. The second-order valence-electron chi connectivity index (χ2n) is 4.44. The molecule has 0 aliphatic rings. The van der Waals surface area contributed by atoms with Crippen LogP contribution in [0.25, 0.3) is 11.2 Å². The smallest absolute Gasteiger partial charge is 0.332 e. The number of imidazole rings is 1. The van der Waals surface area contributed by atoms with Crippen molar-refractivity contribution in [2.45, 2.75) is 6.42 Å². The number of rotatable bonds is 4. The second kappa shape index (κ2) is 4.83. The Morgan fingerprint density at radius 2 is 1.85 bits per heavy atom. The van der Waals surface area contributed by atoms with Gasteiger partial charge in [-0.1, -0.05) is 0 Å². The van der Waals surface area contributed by atoms with Crippen LogP contribution in [0, 0.1) is 0 Å². The first-order valence-electron chi connectivity index (χ1n) is 5.92. The minimum atomic E-state index is -0.931. The Labute approximate surface area is 113 Å². The number of fused-ring (bicyclic) bond motifs is 1. The van der Waals surface area contributed by atoms with E-state index in [1.807, 2.05) is 0 Å². The van der Waals surface area contributed by atoms with Crippen LogP contribution in [0.2, 0.25) is 0 Å². The van der Waals surface area contributed by atoms with Gasteiger partial charge in [-0.15, -0.1) is 0 Å². The molecule has 108 valence electrons. The molecule has 2 heterocycles. The number of anilines is 1. The first-order chi connectivity index (χ1) is 9.34. The first kappa shape index (κ1) is 13.8. The Bertz CT molecular complexity index is 798. The number of aromatic nitrogens is 4. The highest BCUT2D eigenvalue weighted by Gasteiger charge is 2.16. The maximum Gasteiger partial charge on any atom is 0.332 e. The lowest BCUT2D eigenvalue weighted by Crippen LogP contribution is -2.37. The Morgan fingerprint density at radius 1 is 1.20 bits per heavy atom. The number of carboxylic acids is 1. The van der Waals surface area contributed by atoms with Gasteiger partial charge in [-0.25, -0.2) is 4.79 Å². The molecule has 2 N–H and O–H groups in total. The molecule has 0 spiro atoms. The lowest BCUT2D eigenvalue weighted by atomic mass is 10.4. The standard InChI is InChI=1S/C11H15N5O4/c1-14-7-8(13-10(14)12-5-4-6(17)18)15(2)11(20)16(3)9(7)19/h4-5H2,1-3H3,(H,12,13)(H,17,18). The first-order valence-corrected chi connectivity index (χ1v) is 5.92. The number of hydrogen-bond donors (Lipinski definition) is 2. The molecule has 0 aliphatic heterocycles. The van der Waals surface area contributed by atoms with E-state index in [9.17, 15) is 14.4 Å². The second-order valence-corrected chi connectivity index (χ2v) is 4.44. The van der Waals surface area contributed by atoms with Crippen LogP contribution in [-0.4, -0.2) is 36.3 Å². The third-order valence-electron chi connectivity index (χ3n) is 3.10. The summed E-state index contributed by atoms with van der Waals surface area (Å²) in [6.45, 7) is 0.181. The van der Waals surface area contributed by atoms with E-state index in [2.05, 4.69) is 10.3 Å². The van der Waals surface area contributed by atoms with Gasteiger partial charge in [0.1, 0.15) is 0 Å². The van der Waals surface area contributed by atoms with E-state index in [-0.39, 0.29) is 24.1 Å². The molecular formula is C11H15N5O4. The third-order valence-corrected chi connectivity index (χ3v) is 3.10. The van der Waals surface area contributed by atoms with Crippen LogP contribution in [0.5, 0.6) is 0 Å². The molecule has 9 nitrogen and oxygen atoms in total. The van der Waals surface area contributed by atoms with Crippen LogP contribution in [0.15, 0.2) is 9.59 Å². The van der Waals surface area contributed by atoms with E-state index in [4.69, 9.17) is 5.11 Å². The fourth-order valence-corrected chi connectivity index (χ4v) is 1.96. The van der Waals surface area contributed by atoms with Gasteiger partial charge in [0, 0.05) is 27.7 Å². The average molecular weight is 281 g/mol. The molecule has 0 aromatic carbocycles. The topological polar surface area (TPSA) is 111 Å². The van der Waals surface area contributed by atoms with Crippen molar-refractivity contribution in [1.82, 2.24) is 18.7 Å². The summed E-state index contributed by atoms with van der Waals surface area (Å²) >= 11 is 0. The minimum Gasteiger partial charge on any atom is -0.481 e. The van der Waals surface area contributed by atoms with Crippen molar-refractivity contribution < 1.29 is 9.90 Å². The molecule has 2 aromatic rings.